The molecule has 0 saturated carbocycles. The molecule has 0 amide bonds. The molecule has 3 aromatic rings. The number of nitrogens with zero attached hydrogens (tertiary/aromatic N) is 1. The van der Waals surface area contributed by atoms with Crippen molar-refractivity contribution in [2.75, 3.05) is 0 Å². The van der Waals surface area contributed by atoms with E-state index in [1.54, 1.807) is 0 Å². The van der Waals surface area contributed by atoms with E-state index in [-0.39, 0.29) is 5.92 Å². The summed E-state index contributed by atoms with van der Waals surface area (Å²) in [5.41, 5.74) is 5.46. The first-order chi connectivity index (χ1) is 9.69. The number of para-hydroxylation sites is 1. The third kappa shape index (κ3) is 2.08. The highest BCUT2D eigenvalue weighted by atomic mass is 14.7. The molecule has 2 heteroatoms. The summed E-state index contributed by atoms with van der Waals surface area (Å²) in [7, 11) is 0. The molecule has 1 heterocycles. The van der Waals surface area contributed by atoms with Crippen LogP contribution in [0.5, 0.6) is 0 Å². The number of H-pyrrole nitrogens is 1. The molecule has 0 aliphatic carbocycles. The Morgan fingerprint density at radius 3 is 2.60 bits per heavy atom. The number of hydrogen-bond acceptors (Lipinski definition) is 1. The smallest absolute Gasteiger partial charge is 0.111 e. The number of rotatable bonds is 2. The fourth-order valence-electron chi connectivity index (χ4n) is 2.63. The maximum Gasteiger partial charge on any atom is 0.111 e. The molecule has 0 aliphatic rings. The maximum absolute atomic E-state index is 9.60. The zero-order chi connectivity index (χ0) is 14.1. The third-order valence-corrected chi connectivity index (χ3v) is 3.74. The van der Waals surface area contributed by atoms with Gasteiger partial charge in [0.25, 0.3) is 0 Å². The van der Waals surface area contributed by atoms with E-state index in [1.807, 2.05) is 18.2 Å². The molecule has 1 aromatic heterocycles. The molecule has 98 valence electrons. The molecule has 20 heavy (non-hydrogen) atoms. The molecule has 0 fully saturated rings. The van der Waals surface area contributed by atoms with Crippen molar-refractivity contribution in [1.29, 1.82) is 5.26 Å². The molecule has 1 unspecified atom stereocenters. The number of aryl methyl sites for hydroxylation is 2. The summed E-state index contributed by atoms with van der Waals surface area (Å²) in [6.45, 7) is 4.12. The number of fused-ring (bicyclic) bond motifs is 1. The second kappa shape index (κ2) is 4.86. The van der Waals surface area contributed by atoms with Crippen molar-refractivity contribution >= 4 is 10.9 Å². The van der Waals surface area contributed by atoms with E-state index >= 15 is 0 Å². The Bertz CT molecular complexity index is 773. The Balaban J connectivity index is 2.14. The van der Waals surface area contributed by atoms with Crippen LogP contribution >= 0.6 is 0 Å². The van der Waals surface area contributed by atoms with Gasteiger partial charge in [0.05, 0.1) is 6.07 Å². The molecule has 0 bridgehead atoms. The predicted octanol–water partition coefficient (Wildman–Crippen LogP) is 4.44. The molecule has 0 saturated heterocycles. The summed E-state index contributed by atoms with van der Waals surface area (Å²) in [4.78, 5) is 3.37. The van der Waals surface area contributed by atoms with Gasteiger partial charge in [-0.25, -0.2) is 0 Å². The molecular formula is C18H16N2. The lowest BCUT2D eigenvalue weighted by Gasteiger charge is -2.12. The fraction of sp³-hybridized carbons (Fsp3) is 0.167. The quantitative estimate of drug-likeness (QED) is 0.727. The summed E-state index contributed by atoms with van der Waals surface area (Å²) in [6, 6.07) is 18.9. The van der Waals surface area contributed by atoms with Gasteiger partial charge in [0.2, 0.25) is 0 Å². The Morgan fingerprint density at radius 1 is 1.05 bits per heavy atom. The van der Waals surface area contributed by atoms with Crippen molar-refractivity contribution in [2.24, 2.45) is 0 Å². The fourth-order valence-corrected chi connectivity index (χ4v) is 2.63. The van der Waals surface area contributed by atoms with Crippen molar-refractivity contribution in [3.05, 3.63) is 70.9 Å². The van der Waals surface area contributed by atoms with E-state index in [0.29, 0.717) is 0 Å². The molecule has 2 nitrogen and oxygen atoms in total. The number of aromatic amines is 1. The highest BCUT2D eigenvalue weighted by Crippen LogP contribution is 2.29. The van der Waals surface area contributed by atoms with Gasteiger partial charge in [0.15, 0.2) is 0 Å². The van der Waals surface area contributed by atoms with Crippen LogP contribution in [-0.4, -0.2) is 4.98 Å². The predicted molar refractivity (Wildman–Crippen MR) is 81.7 cm³/mol. The van der Waals surface area contributed by atoms with Crippen LogP contribution in [-0.2, 0) is 0 Å². The van der Waals surface area contributed by atoms with Gasteiger partial charge in [-0.2, -0.15) is 5.26 Å². The van der Waals surface area contributed by atoms with Crippen LogP contribution in [0.1, 0.15) is 28.3 Å². The average molecular weight is 260 g/mol. The van der Waals surface area contributed by atoms with Crippen molar-refractivity contribution < 1.29 is 0 Å². The summed E-state index contributed by atoms with van der Waals surface area (Å²) in [5, 5.41) is 10.7. The van der Waals surface area contributed by atoms with Gasteiger partial charge < -0.3 is 4.98 Å². The number of nitriles is 1. The Kier molecular flexibility index (Phi) is 3.04. The number of hydrogen-bond donors (Lipinski definition) is 1. The summed E-state index contributed by atoms with van der Waals surface area (Å²) >= 11 is 0. The SMILES string of the molecule is Cc1ccc(C)c(C(C#N)c2cc3ccccc3[nH]2)c1. The Hall–Kier alpha value is -2.53. The van der Waals surface area contributed by atoms with Crippen LogP contribution in [0.2, 0.25) is 0 Å². The van der Waals surface area contributed by atoms with Crippen LogP contribution in [0.25, 0.3) is 10.9 Å². The zero-order valence-electron chi connectivity index (χ0n) is 11.6. The lowest BCUT2D eigenvalue weighted by Crippen LogP contribution is -2.01. The van der Waals surface area contributed by atoms with E-state index in [4.69, 9.17) is 0 Å². The van der Waals surface area contributed by atoms with Crippen LogP contribution in [0.3, 0.4) is 0 Å². The maximum atomic E-state index is 9.60. The largest absolute Gasteiger partial charge is 0.357 e. The minimum absolute atomic E-state index is 0.248. The van der Waals surface area contributed by atoms with Crippen LogP contribution in [0, 0.1) is 25.2 Å². The van der Waals surface area contributed by atoms with Crippen LogP contribution < -0.4 is 0 Å². The average Bonchev–Trinajstić information content (AvgIpc) is 2.87. The number of aromatic nitrogens is 1. The van der Waals surface area contributed by atoms with Crippen LogP contribution in [0.15, 0.2) is 48.5 Å². The molecule has 1 N–H and O–H groups in total. The summed E-state index contributed by atoms with van der Waals surface area (Å²) in [6.07, 6.45) is 0. The second-order valence-electron chi connectivity index (χ2n) is 5.23. The van der Waals surface area contributed by atoms with E-state index in [9.17, 15) is 5.26 Å². The minimum Gasteiger partial charge on any atom is -0.357 e. The lowest BCUT2D eigenvalue weighted by molar-refractivity contribution is 0.974. The molecular weight excluding hydrogens is 244 g/mol. The molecule has 3 rings (SSSR count). The second-order valence-corrected chi connectivity index (χ2v) is 5.23. The van der Waals surface area contributed by atoms with Crippen molar-refractivity contribution in [3.8, 4) is 6.07 Å². The Morgan fingerprint density at radius 2 is 1.85 bits per heavy atom. The van der Waals surface area contributed by atoms with Gasteiger partial charge in [0, 0.05) is 11.2 Å². The Labute approximate surface area is 118 Å². The highest BCUT2D eigenvalue weighted by molar-refractivity contribution is 5.80. The lowest BCUT2D eigenvalue weighted by atomic mass is 9.92. The molecule has 0 radical (unpaired) electrons. The molecule has 0 spiro atoms. The minimum atomic E-state index is -0.248. The van der Waals surface area contributed by atoms with E-state index < -0.39 is 0 Å². The van der Waals surface area contributed by atoms with Gasteiger partial charge >= 0.3 is 0 Å². The van der Waals surface area contributed by atoms with Gasteiger partial charge in [-0.1, -0.05) is 42.0 Å². The first-order valence-corrected chi connectivity index (χ1v) is 6.73. The normalized spacial score (nSPS) is 12.2. The number of nitrogens with one attached hydrogen (secondary N) is 1. The standard InChI is InChI=1S/C18H16N2/c1-12-7-8-13(2)15(9-12)16(11-19)18-10-14-5-3-4-6-17(14)20-18/h3-10,16,20H,1-2H3. The molecule has 2 aromatic carbocycles. The van der Waals surface area contributed by atoms with Gasteiger partial charge in [0.1, 0.15) is 5.92 Å². The van der Waals surface area contributed by atoms with Gasteiger partial charge in [-0.05, 0) is 42.5 Å². The topological polar surface area (TPSA) is 39.6 Å². The first-order valence-electron chi connectivity index (χ1n) is 6.73. The summed E-state index contributed by atoms with van der Waals surface area (Å²) < 4.78 is 0. The molecule has 1 atom stereocenters. The van der Waals surface area contributed by atoms with Gasteiger partial charge in [-0.15, -0.1) is 0 Å². The van der Waals surface area contributed by atoms with Crippen molar-refractivity contribution in [2.45, 2.75) is 19.8 Å². The monoisotopic (exact) mass is 260 g/mol. The van der Waals surface area contributed by atoms with Gasteiger partial charge in [-0.3, -0.25) is 0 Å². The van der Waals surface area contributed by atoms with Crippen molar-refractivity contribution in [3.63, 3.8) is 0 Å². The number of benzene rings is 2. The van der Waals surface area contributed by atoms with Crippen LogP contribution in [0.4, 0.5) is 0 Å². The zero-order valence-corrected chi connectivity index (χ0v) is 11.6. The van der Waals surface area contributed by atoms with E-state index in [2.05, 4.69) is 55.2 Å². The van der Waals surface area contributed by atoms with E-state index in [0.717, 1.165) is 27.7 Å². The summed E-state index contributed by atoms with van der Waals surface area (Å²) in [5.74, 6) is -0.248. The highest BCUT2D eigenvalue weighted by Gasteiger charge is 2.17. The first kappa shape index (κ1) is 12.5. The van der Waals surface area contributed by atoms with E-state index in [1.165, 1.54) is 5.56 Å². The molecule has 0 aliphatic heterocycles. The third-order valence-electron chi connectivity index (χ3n) is 3.74. The van der Waals surface area contributed by atoms with Crippen molar-refractivity contribution in [1.82, 2.24) is 4.98 Å².